The van der Waals surface area contributed by atoms with Gasteiger partial charge in [0.2, 0.25) is 0 Å². The number of methoxy groups -OCH3 is 1. The molecule has 0 saturated heterocycles. The molecular formula is C15H15ClN2O3S. The first-order valence-electron chi connectivity index (χ1n) is 6.59. The number of thiazole rings is 1. The van der Waals surface area contributed by atoms with Gasteiger partial charge in [-0.25, -0.2) is 4.98 Å². The summed E-state index contributed by atoms with van der Waals surface area (Å²) in [5.74, 6) is -0.604. The quantitative estimate of drug-likeness (QED) is 0.851. The SMILES string of the molecule is COC(=O)CCNC(=O)c1sc(-c2cccc(Cl)c2)nc1C. The predicted octanol–water partition coefficient (Wildman–Crippen LogP) is 3.06. The van der Waals surface area contributed by atoms with Gasteiger partial charge in [-0.3, -0.25) is 9.59 Å². The Labute approximate surface area is 137 Å². The molecule has 0 aliphatic carbocycles. The van der Waals surface area contributed by atoms with Gasteiger partial charge in [-0.1, -0.05) is 23.7 Å². The lowest BCUT2D eigenvalue weighted by molar-refractivity contribution is -0.140. The van der Waals surface area contributed by atoms with Crippen molar-refractivity contribution in [2.45, 2.75) is 13.3 Å². The van der Waals surface area contributed by atoms with E-state index in [1.54, 1.807) is 19.1 Å². The number of hydrogen-bond acceptors (Lipinski definition) is 5. The molecule has 0 saturated carbocycles. The second kappa shape index (κ2) is 7.38. The fourth-order valence-corrected chi connectivity index (χ4v) is 2.98. The van der Waals surface area contributed by atoms with Crippen LogP contribution in [0.3, 0.4) is 0 Å². The summed E-state index contributed by atoms with van der Waals surface area (Å²) in [6.07, 6.45) is 0.140. The zero-order valence-corrected chi connectivity index (χ0v) is 13.8. The number of aromatic nitrogens is 1. The maximum Gasteiger partial charge on any atom is 0.307 e. The van der Waals surface area contributed by atoms with Crippen LogP contribution in [0.25, 0.3) is 10.6 Å². The van der Waals surface area contributed by atoms with Gasteiger partial charge in [0.1, 0.15) is 9.88 Å². The predicted molar refractivity (Wildman–Crippen MR) is 86.3 cm³/mol. The molecule has 0 spiro atoms. The highest BCUT2D eigenvalue weighted by Gasteiger charge is 2.16. The van der Waals surface area contributed by atoms with E-state index in [9.17, 15) is 9.59 Å². The summed E-state index contributed by atoms with van der Waals surface area (Å²) in [4.78, 5) is 28.1. The van der Waals surface area contributed by atoms with Crippen molar-refractivity contribution < 1.29 is 14.3 Å². The van der Waals surface area contributed by atoms with Gasteiger partial charge in [0.25, 0.3) is 5.91 Å². The molecule has 1 N–H and O–H groups in total. The smallest absolute Gasteiger partial charge is 0.307 e. The number of amides is 1. The highest BCUT2D eigenvalue weighted by Crippen LogP contribution is 2.29. The van der Waals surface area contributed by atoms with Crippen molar-refractivity contribution in [1.82, 2.24) is 10.3 Å². The molecule has 0 aliphatic rings. The van der Waals surface area contributed by atoms with Crippen LogP contribution < -0.4 is 5.32 Å². The third-order valence-electron chi connectivity index (χ3n) is 2.92. The van der Waals surface area contributed by atoms with E-state index in [1.165, 1.54) is 18.4 Å². The largest absolute Gasteiger partial charge is 0.469 e. The highest BCUT2D eigenvalue weighted by molar-refractivity contribution is 7.17. The number of nitrogens with one attached hydrogen (secondary N) is 1. The molecule has 1 heterocycles. The average molecular weight is 339 g/mol. The monoisotopic (exact) mass is 338 g/mol. The molecule has 0 unspecified atom stereocenters. The summed E-state index contributed by atoms with van der Waals surface area (Å²) in [5.41, 5.74) is 1.52. The van der Waals surface area contributed by atoms with Crippen molar-refractivity contribution in [2.24, 2.45) is 0 Å². The zero-order chi connectivity index (χ0) is 16.1. The van der Waals surface area contributed by atoms with E-state index in [2.05, 4.69) is 15.0 Å². The van der Waals surface area contributed by atoms with Gasteiger partial charge in [-0.2, -0.15) is 0 Å². The van der Waals surface area contributed by atoms with Crippen LogP contribution in [0.15, 0.2) is 24.3 Å². The van der Waals surface area contributed by atoms with Crippen molar-refractivity contribution in [3.05, 3.63) is 39.9 Å². The Morgan fingerprint density at radius 3 is 2.86 bits per heavy atom. The van der Waals surface area contributed by atoms with E-state index in [0.717, 1.165) is 10.6 Å². The Morgan fingerprint density at radius 1 is 1.41 bits per heavy atom. The Bertz CT molecular complexity index is 700. The number of halogens is 1. The molecule has 0 atom stereocenters. The van der Waals surface area contributed by atoms with Crippen LogP contribution in [-0.2, 0) is 9.53 Å². The summed E-state index contributed by atoms with van der Waals surface area (Å²) >= 11 is 7.27. The minimum atomic E-state index is -0.360. The highest BCUT2D eigenvalue weighted by atomic mass is 35.5. The van der Waals surface area contributed by atoms with Crippen LogP contribution >= 0.6 is 22.9 Å². The number of nitrogens with zero attached hydrogens (tertiary/aromatic N) is 1. The number of hydrogen-bond donors (Lipinski definition) is 1. The Balaban J connectivity index is 2.09. The first-order valence-corrected chi connectivity index (χ1v) is 7.79. The van der Waals surface area contributed by atoms with E-state index >= 15 is 0 Å². The lowest BCUT2D eigenvalue weighted by atomic mass is 10.2. The van der Waals surface area contributed by atoms with Gasteiger partial charge < -0.3 is 10.1 Å². The fourth-order valence-electron chi connectivity index (χ4n) is 1.81. The fraction of sp³-hybridized carbons (Fsp3) is 0.267. The molecule has 1 aromatic heterocycles. The number of carbonyl (C=O) groups is 2. The summed E-state index contributed by atoms with van der Waals surface area (Å²) in [6.45, 7) is 2.01. The van der Waals surface area contributed by atoms with E-state index in [4.69, 9.17) is 11.6 Å². The molecule has 2 rings (SSSR count). The molecule has 22 heavy (non-hydrogen) atoms. The summed E-state index contributed by atoms with van der Waals surface area (Å²) < 4.78 is 4.52. The first-order chi connectivity index (χ1) is 10.5. The van der Waals surface area contributed by atoms with E-state index < -0.39 is 0 Å². The minimum Gasteiger partial charge on any atom is -0.469 e. The lowest BCUT2D eigenvalue weighted by Gasteiger charge is -2.02. The molecule has 0 radical (unpaired) electrons. The van der Waals surface area contributed by atoms with Crippen LogP contribution in [0.4, 0.5) is 0 Å². The van der Waals surface area contributed by atoms with Crippen LogP contribution in [0.5, 0.6) is 0 Å². The minimum absolute atomic E-state index is 0.140. The Hall–Kier alpha value is -1.92. The lowest BCUT2D eigenvalue weighted by Crippen LogP contribution is -2.26. The van der Waals surface area contributed by atoms with E-state index in [0.29, 0.717) is 15.6 Å². The zero-order valence-electron chi connectivity index (χ0n) is 12.2. The second-order valence-electron chi connectivity index (χ2n) is 4.53. The van der Waals surface area contributed by atoms with Gasteiger partial charge in [-0.15, -0.1) is 11.3 Å². The van der Waals surface area contributed by atoms with Crippen molar-refractivity contribution in [3.8, 4) is 10.6 Å². The maximum absolute atomic E-state index is 12.1. The Kier molecular flexibility index (Phi) is 5.51. The van der Waals surface area contributed by atoms with Crippen LogP contribution in [0.1, 0.15) is 21.8 Å². The third kappa shape index (κ3) is 4.05. The van der Waals surface area contributed by atoms with Crippen molar-refractivity contribution in [2.75, 3.05) is 13.7 Å². The number of aryl methyl sites for hydroxylation is 1. The van der Waals surface area contributed by atoms with Gasteiger partial charge in [0, 0.05) is 17.1 Å². The van der Waals surface area contributed by atoms with Crippen molar-refractivity contribution in [1.29, 1.82) is 0 Å². The van der Waals surface area contributed by atoms with Gasteiger partial charge in [0.05, 0.1) is 19.2 Å². The number of benzene rings is 1. The summed E-state index contributed by atoms with van der Waals surface area (Å²) in [6, 6.07) is 7.32. The molecule has 5 nitrogen and oxygen atoms in total. The standard InChI is InChI=1S/C15H15ClN2O3S/c1-9-13(14(20)17-7-6-12(19)21-2)22-15(18-9)10-4-3-5-11(16)8-10/h3-5,8H,6-7H2,1-2H3,(H,17,20). The van der Waals surface area contributed by atoms with Gasteiger partial charge in [0.15, 0.2) is 0 Å². The van der Waals surface area contributed by atoms with Crippen molar-refractivity contribution >= 4 is 34.8 Å². The molecular weight excluding hydrogens is 324 g/mol. The molecule has 1 aromatic carbocycles. The summed E-state index contributed by atoms with van der Waals surface area (Å²) in [5, 5.41) is 4.04. The number of rotatable bonds is 5. The maximum atomic E-state index is 12.1. The molecule has 0 aliphatic heterocycles. The molecule has 0 bridgehead atoms. The van der Waals surface area contributed by atoms with Crippen LogP contribution in [0.2, 0.25) is 5.02 Å². The molecule has 116 valence electrons. The number of carbonyl (C=O) groups excluding carboxylic acids is 2. The Morgan fingerprint density at radius 2 is 2.18 bits per heavy atom. The summed E-state index contributed by atoms with van der Waals surface area (Å²) in [7, 11) is 1.31. The van der Waals surface area contributed by atoms with Crippen molar-refractivity contribution in [3.63, 3.8) is 0 Å². The number of ether oxygens (including phenoxy) is 1. The van der Waals surface area contributed by atoms with Crippen LogP contribution in [0, 0.1) is 6.92 Å². The van der Waals surface area contributed by atoms with E-state index in [1.807, 2.05) is 12.1 Å². The van der Waals surface area contributed by atoms with E-state index in [-0.39, 0.29) is 24.8 Å². The average Bonchev–Trinajstić information content (AvgIpc) is 2.89. The van der Waals surface area contributed by atoms with Crippen LogP contribution in [-0.4, -0.2) is 30.5 Å². The van der Waals surface area contributed by atoms with Gasteiger partial charge in [-0.05, 0) is 19.1 Å². The second-order valence-corrected chi connectivity index (χ2v) is 5.96. The third-order valence-corrected chi connectivity index (χ3v) is 4.36. The molecule has 7 heteroatoms. The molecule has 1 amide bonds. The van der Waals surface area contributed by atoms with Gasteiger partial charge >= 0.3 is 5.97 Å². The topological polar surface area (TPSA) is 68.3 Å². The molecule has 0 fully saturated rings. The number of esters is 1. The molecule has 2 aromatic rings. The first kappa shape index (κ1) is 16.5. The normalized spacial score (nSPS) is 10.3.